The van der Waals surface area contributed by atoms with Gasteiger partial charge in [-0.05, 0) is 42.7 Å². The van der Waals surface area contributed by atoms with Crippen molar-refractivity contribution in [2.45, 2.75) is 18.8 Å². The largest absolute Gasteiger partial charge is 0.573 e. The Bertz CT molecular complexity index is 944. The summed E-state index contributed by atoms with van der Waals surface area (Å²) in [6, 6.07) is 11.7. The SMILES string of the molecule is CSCCC(NC(=O)Nc1ccccc1OC(F)(F)F)c1nc2ccccc2[nH]1. The number of amides is 2. The molecule has 0 spiro atoms. The first kappa shape index (κ1) is 20.8. The van der Waals surface area contributed by atoms with E-state index >= 15 is 0 Å². The Balaban J connectivity index is 1.75. The topological polar surface area (TPSA) is 79.0 Å². The van der Waals surface area contributed by atoms with E-state index in [2.05, 4.69) is 25.3 Å². The summed E-state index contributed by atoms with van der Waals surface area (Å²) >= 11 is 1.61. The fraction of sp³-hybridized carbons (Fsp3) is 0.263. The molecule has 0 aliphatic rings. The zero-order valence-corrected chi connectivity index (χ0v) is 16.2. The Morgan fingerprint density at radius 1 is 1.21 bits per heavy atom. The van der Waals surface area contributed by atoms with Gasteiger partial charge in [-0.1, -0.05) is 24.3 Å². The van der Waals surface area contributed by atoms with Crippen LogP contribution in [-0.2, 0) is 0 Å². The average molecular weight is 424 g/mol. The summed E-state index contributed by atoms with van der Waals surface area (Å²) in [7, 11) is 0. The van der Waals surface area contributed by atoms with Gasteiger partial charge in [0.2, 0.25) is 0 Å². The zero-order valence-electron chi connectivity index (χ0n) is 15.4. The monoisotopic (exact) mass is 424 g/mol. The van der Waals surface area contributed by atoms with Gasteiger partial charge >= 0.3 is 12.4 Å². The van der Waals surface area contributed by atoms with Crippen molar-refractivity contribution in [2.75, 3.05) is 17.3 Å². The minimum atomic E-state index is -4.86. The van der Waals surface area contributed by atoms with Gasteiger partial charge in [0.05, 0.1) is 22.8 Å². The van der Waals surface area contributed by atoms with Crippen molar-refractivity contribution in [1.29, 1.82) is 0 Å². The molecule has 1 unspecified atom stereocenters. The van der Waals surface area contributed by atoms with E-state index in [0.29, 0.717) is 12.2 Å². The van der Waals surface area contributed by atoms with E-state index in [4.69, 9.17) is 0 Å². The number of aromatic amines is 1. The number of urea groups is 1. The van der Waals surface area contributed by atoms with E-state index in [0.717, 1.165) is 22.9 Å². The molecule has 1 aromatic heterocycles. The lowest BCUT2D eigenvalue weighted by atomic mass is 10.2. The van der Waals surface area contributed by atoms with Crippen LogP contribution < -0.4 is 15.4 Å². The lowest BCUT2D eigenvalue weighted by molar-refractivity contribution is -0.274. The highest BCUT2D eigenvalue weighted by Gasteiger charge is 2.32. The van der Waals surface area contributed by atoms with Gasteiger partial charge in [-0.3, -0.25) is 0 Å². The normalized spacial score (nSPS) is 12.6. The summed E-state index contributed by atoms with van der Waals surface area (Å²) in [6.45, 7) is 0. The van der Waals surface area contributed by atoms with E-state index in [-0.39, 0.29) is 5.69 Å². The van der Waals surface area contributed by atoms with Gasteiger partial charge in [-0.15, -0.1) is 13.2 Å². The van der Waals surface area contributed by atoms with Crippen LogP contribution in [-0.4, -0.2) is 34.4 Å². The smallest absolute Gasteiger partial charge is 0.404 e. The molecule has 10 heteroatoms. The number of ether oxygens (including phenoxy) is 1. The van der Waals surface area contributed by atoms with E-state index in [1.165, 1.54) is 18.2 Å². The summed E-state index contributed by atoms with van der Waals surface area (Å²) in [5.41, 5.74) is 1.51. The number of benzene rings is 2. The third kappa shape index (κ3) is 5.80. The molecule has 0 saturated heterocycles. The summed E-state index contributed by atoms with van der Waals surface area (Å²) in [6.07, 6.45) is -2.32. The first-order valence-corrected chi connectivity index (χ1v) is 10.1. The lowest BCUT2D eigenvalue weighted by Crippen LogP contribution is -2.33. The van der Waals surface area contributed by atoms with Crippen molar-refractivity contribution in [3.63, 3.8) is 0 Å². The van der Waals surface area contributed by atoms with Gasteiger partial charge in [-0.25, -0.2) is 9.78 Å². The van der Waals surface area contributed by atoms with Crippen LogP contribution in [0.1, 0.15) is 18.3 Å². The van der Waals surface area contributed by atoms with Gasteiger partial charge < -0.3 is 20.4 Å². The molecule has 29 heavy (non-hydrogen) atoms. The molecule has 1 atom stereocenters. The van der Waals surface area contributed by atoms with Crippen molar-refractivity contribution >= 4 is 34.5 Å². The maximum Gasteiger partial charge on any atom is 0.573 e. The molecular formula is C19H19F3N4O2S. The van der Waals surface area contributed by atoms with E-state index < -0.39 is 24.2 Å². The van der Waals surface area contributed by atoms with Crippen molar-refractivity contribution in [1.82, 2.24) is 15.3 Å². The highest BCUT2D eigenvalue weighted by molar-refractivity contribution is 7.98. The number of anilines is 1. The van der Waals surface area contributed by atoms with Crippen LogP contribution in [0.3, 0.4) is 0 Å². The third-order valence-electron chi connectivity index (χ3n) is 4.01. The van der Waals surface area contributed by atoms with E-state index in [1.807, 2.05) is 30.5 Å². The molecule has 6 nitrogen and oxygen atoms in total. The molecule has 3 rings (SSSR count). The molecule has 3 aromatic rings. The second-order valence-corrected chi connectivity index (χ2v) is 7.10. The molecule has 0 aliphatic heterocycles. The first-order valence-electron chi connectivity index (χ1n) is 8.71. The minimum Gasteiger partial charge on any atom is -0.404 e. The Kier molecular flexibility index (Phi) is 6.53. The number of fused-ring (bicyclic) bond motifs is 1. The summed E-state index contributed by atoms with van der Waals surface area (Å²) in [5, 5.41) is 5.19. The number of imidazole rings is 1. The second-order valence-electron chi connectivity index (χ2n) is 6.12. The molecule has 0 saturated carbocycles. The number of halogens is 3. The number of aromatic nitrogens is 2. The van der Waals surface area contributed by atoms with Gasteiger partial charge in [0.15, 0.2) is 5.75 Å². The molecule has 1 heterocycles. The molecule has 0 bridgehead atoms. The number of carbonyl (C=O) groups excluding carboxylic acids is 1. The van der Waals surface area contributed by atoms with Gasteiger partial charge in [0, 0.05) is 0 Å². The van der Waals surface area contributed by atoms with Crippen LogP contribution >= 0.6 is 11.8 Å². The number of H-pyrrole nitrogens is 1. The Morgan fingerprint density at radius 3 is 2.66 bits per heavy atom. The van der Waals surface area contributed by atoms with E-state index in [1.54, 1.807) is 11.8 Å². The van der Waals surface area contributed by atoms with Crippen LogP contribution in [0.15, 0.2) is 48.5 Å². The predicted octanol–water partition coefficient (Wildman–Crippen LogP) is 5.08. The van der Waals surface area contributed by atoms with Crippen LogP contribution in [0.2, 0.25) is 0 Å². The van der Waals surface area contributed by atoms with Crippen molar-refractivity contribution in [3.05, 3.63) is 54.4 Å². The highest BCUT2D eigenvalue weighted by atomic mass is 32.2. The molecule has 0 radical (unpaired) electrons. The molecule has 2 aromatic carbocycles. The van der Waals surface area contributed by atoms with Crippen LogP contribution in [0.25, 0.3) is 11.0 Å². The zero-order chi connectivity index (χ0) is 20.9. The van der Waals surface area contributed by atoms with E-state index in [9.17, 15) is 18.0 Å². The Morgan fingerprint density at radius 2 is 1.93 bits per heavy atom. The van der Waals surface area contributed by atoms with Gasteiger partial charge in [0.25, 0.3) is 0 Å². The highest BCUT2D eigenvalue weighted by Crippen LogP contribution is 2.30. The molecule has 3 N–H and O–H groups in total. The molecular weight excluding hydrogens is 405 g/mol. The number of para-hydroxylation sites is 4. The number of thioether (sulfide) groups is 1. The lowest BCUT2D eigenvalue weighted by Gasteiger charge is -2.18. The quantitative estimate of drug-likeness (QED) is 0.494. The first-order chi connectivity index (χ1) is 13.9. The van der Waals surface area contributed by atoms with Crippen molar-refractivity contribution < 1.29 is 22.7 Å². The Hall–Kier alpha value is -2.88. The summed E-state index contributed by atoms with van der Waals surface area (Å²) < 4.78 is 41.7. The van der Waals surface area contributed by atoms with Crippen LogP contribution in [0.4, 0.5) is 23.7 Å². The standard InChI is InChI=1S/C19H19F3N4O2S/c1-29-11-10-15(17-23-12-6-2-3-7-13(12)24-17)26-18(27)25-14-8-4-5-9-16(14)28-19(20,21)22/h2-9,15H,10-11H2,1H3,(H,23,24)(H2,25,26,27). The maximum absolute atomic E-state index is 12.6. The number of carbonyl (C=O) groups is 1. The summed E-state index contributed by atoms with van der Waals surface area (Å²) in [4.78, 5) is 20.2. The fourth-order valence-corrected chi connectivity index (χ4v) is 3.22. The number of hydrogen-bond donors (Lipinski definition) is 3. The molecule has 2 amide bonds. The second kappa shape index (κ2) is 9.08. The van der Waals surface area contributed by atoms with Crippen LogP contribution in [0.5, 0.6) is 5.75 Å². The number of hydrogen-bond acceptors (Lipinski definition) is 4. The number of alkyl halides is 3. The average Bonchev–Trinajstić information content (AvgIpc) is 3.09. The predicted molar refractivity (Wildman–Crippen MR) is 107 cm³/mol. The summed E-state index contributed by atoms with van der Waals surface area (Å²) in [5.74, 6) is 0.852. The number of nitrogens with one attached hydrogen (secondary N) is 3. The van der Waals surface area contributed by atoms with Crippen molar-refractivity contribution in [2.24, 2.45) is 0 Å². The number of rotatable bonds is 7. The van der Waals surface area contributed by atoms with Crippen LogP contribution in [0, 0.1) is 0 Å². The van der Waals surface area contributed by atoms with Gasteiger partial charge in [0.1, 0.15) is 5.82 Å². The third-order valence-corrected chi connectivity index (χ3v) is 4.66. The molecule has 0 aliphatic carbocycles. The fourth-order valence-electron chi connectivity index (χ4n) is 2.75. The maximum atomic E-state index is 12.6. The van der Waals surface area contributed by atoms with Gasteiger partial charge in [-0.2, -0.15) is 11.8 Å². The molecule has 0 fully saturated rings. The number of nitrogens with zero attached hydrogens (tertiary/aromatic N) is 1. The Labute approximate surface area is 169 Å². The van der Waals surface area contributed by atoms with Crippen molar-refractivity contribution in [3.8, 4) is 5.75 Å². The minimum absolute atomic E-state index is 0.0875. The molecule has 154 valence electrons.